The first-order chi connectivity index (χ1) is 15.5. The number of Topliss-reactive ketones (excluding diaryl/α,β-unsaturated/α-hetero) is 1. The number of rotatable bonds is 2. The summed E-state index contributed by atoms with van der Waals surface area (Å²) >= 11 is 12.5. The summed E-state index contributed by atoms with van der Waals surface area (Å²) in [4.78, 5) is 26.6. The fourth-order valence-electron chi connectivity index (χ4n) is 4.79. The third-order valence-electron chi connectivity index (χ3n) is 6.46. The third-order valence-corrected chi connectivity index (χ3v) is 7.20. The van der Waals surface area contributed by atoms with Crippen molar-refractivity contribution in [2.45, 2.75) is 25.7 Å². The van der Waals surface area contributed by atoms with Gasteiger partial charge in [0.25, 0.3) is 0 Å². The first kappa shape index (κ1) is 20.8. The summed E-state index contributed by atoms with van der Waals surface area (Å²) in [6, 6.07) is 11.3. The number of pyridine rings is 1. The minimum Gasteiger partial charge on any atom is -0.293 e. The first-order valence-electron chi connectivity index (χ1n) is 10.4. The van der Waals surface area contributed by atoms with Gasteiger partial charge in [0.15, 0.2) is 11.6 Å². The van der Waals surface area contributed by atoms with Crippen LogP contribution in [-0.2, 0) is 11.2 Å². The molecule has 2 aliphatic rings. The highest BCUT2D eigenvalue weighted by Crippen LogP contribution is 2.47. The predicted octanol–water partition coefficient (Wildman–Crippen LogP) is 5.83. The van der Waals surface area contributed by atoms with Crippen LogP contribution >= 0.6 is 23.2 Å². The van der Waals surface area contributed by atoms with Gasteiger partial charge < -0.3 is 0 Å². The van der Waals surface area contributed by atoms with Gasteiger partial charge in [0, 0.05) is 40.9 Å². The van der Waals surface area contributed by atoms with Crippen LogP contribution in [0.4, 0.5) is 0 Å². The molecule has 0 spiro atoms. The fraction of sp³-hybridized carbons (Fsp3) is 0.240. The van der Waals surface area contributed by atoms with E-state index in [1.807, 2.05) is 31.2 Å². The second kappa shape index (κ2) is 8.12. The molecular formula is C25H18Cl2N4O. The van der Waals surface area contributed by atoms with E-state index < -0.39 is 0 Å². The zero-order valence-electron chi connectivity index (χ0n) is 17.2. The van der Waals surface area contributed by atoms with Crippen LogP contribution in [0.15, 0.2) is 54.4 Å². The Hall–Kier alpha value is -3.07. The topological polar surface area (TPSA) is 79.5 Å². The van der Waals surface area contributed by atoms with Gasteiger partial charge >= 0.3 is 0 Å². The highest BCUT2D eigenvalue weighted by Gasteiger charge is 2.42. The molecule has 1 aromatic carbocycles. The van der Waals surface area contributed by atoms with E-state index in [2.05, 4.69) is 11.1 Å². The number of hydrogen-bond donors (Lipinski definition) is 0. The number of fused-ring (bicyclic) bond motifs is 3. The zero-order chi connectivity index (χ0) is 22.4. The number of hydrogen-bond acceptors (Lipinski definition) is 5. The SMILES string of the molecule is CC1C(=O)C(C#N)=CC2c3nc(-c4ccncc4)nc(-c4ccc(Cl)c(Cl)c4)c3CCC12. The van der Waals surface area contributed by atoms with Crippen LogP contribution in [0.2, 0.25) is 10.0 Å². The maximum absolute atomic E-state index is 12.6. The van der Waals surface area contributed by atoms with Crippen LogP contribution in [0.3, 0.4) is 0 Å². The molecule has 0 saturated heterocycles. The molecule has 3 aromatic rings. The van der Waals surface area contributed by atoms with Gasteiger partial charge in [-0.2, -0.15) is 5.26 Å². The van der Waals surface area contributed by atoms with Gasteiger partial charge in [-0.1, -0.05) is 42.3 Å². The van der Waals surface area contributed by atoms with Crippen molar-refractivity contribution in [2.75, 3.05) is 0 Å². The van der Waals surface area contributed by atoms with E-state index >= 15 is 0 Å². The van der Waals surface area contributed by atoms with Gasteiger partial charge in [-0.3, -0.25) is 9.78 Å². The Morgan fingerprint density at radius 2 is 1.84 bits per heavy atom. The number of carbonyl (C=O) groups is 1. The summed E-state index contributed by atoms with van der Waals surface area (Å²) in [7, 11) is 0. The molecule has 158 valence electrons. The Labute approximate surface area is 195 Å². The van der Waals surface area contributed by atoms with Gasteiger partial charge in [-0.15, -0.1) is 0 Å². The Bertz CT molecular complexity index is 1310. The average Bonchev–Trinajstić information content (AvgIpc) is 2.82. The maximum atomic E-state index is 12.6. The molecule has 32 heavy (non-hydrogen) atoms. The molecule has 7 heteroatoms. The number of aromatic nitrogens is 3. The molecule has 0 radical (unpaired) electrons. The highest BCUT2D eigenvalue weighted by molar-refractivity contribution is 6.42. The molecule has 0 saturated carbocycles. The zero-order valence-corrected chi connectivity index (χ0v) is 18.7. The number of ketones is 1. The number of nitrogens with zero attached hydrogens (tertiary/aromatic N) is 4. The van der Waals surface area contributed by atoms with E-state index in [0.29, 0.717) is 15.9 Å². The molecule has 0 amide bonds. The lowest BCUT2D eigenvalue weighted by Crippen LogP contribution is -2.35. The maximum Gasteiger partial charge on any atom is 0.176 e. The molecule has 0 bridgehead atoms. The minimum absolute atomic E-state index is 0.0784. The Morgan fingerprint density at radius 1 is 1.06 bits per heavy atom. The molecule has 0 N–H and O–H groups in total. The van der Waals surface area contributed by atoms with Crippen molar-refractivity contribution in [3.8, 4) is 28.7 Å². The average molecular weight is 461 g/mol. The Balaban J connectivity index is 1.77. The summed E-state index contributed by atoms with van der Waals surface area (Å²) in [6.07, 6.45) is 6.78. The van der Waals surface area contributed by atoms with Gasteiger partial charge in [-0.05, 0) is 43.0 Å². The highest BCUT2D eigenvalue weighted by atomic mass is 35.5. The molecule has 3 atom stereocenters. The number of benzene rings is 1. The smallest absolute Gasteiger partial charge is 0.176 e. The van der Waals surface area contributed by atoms with Crippen LogP contribution in [-0.4, -0.2) is 20.7 Å². The van der Waals surface area contributed by atoms with Crippen LogP contribution in [0.25, 0.3) is 22.6 Å². The van der Waals surface area contributed by atoms with Crippen molar-refractivity contribution in [3.05, 3.63) is 75.7 Å². The molecule has 0 aliphatic heterocycles. The van der Waals surface area contributed by atoms with E-state index in [-0.39, 0.29) is 29.1 Å². The van der Waals surface area contributed by atoms with Gasteiger partial charge in [0.2, 0.25) is 0 Å². The quantitative estimate of drug-likeness (QED) is 0.480. The van der Waals surface area contributed by atoms with Gasteiger partial charge in [0.1, 0.15) is 6.07 Å². The first-order valence-corrected chi connectivity index (χ1v) is 11.2. The monoisotopic (exact) mass is 460 g/mol. The number of nitriles is 1. The fourth-order valence-corrected chi connectivity index (χ4v) is 5.08. The van der Waals surface area contributed by atoms with Crippen molar-refractivity contribution in [1.82, 2.24) is 15.0 Å². The summed E-state index contributed by atoms with van der Waals surface area (Å²) in [5.41, 5.74) is 4.61. The summed E-state index contributed by atoms with van der Waals surface area (Å²) in [5, 5.41) is 10.5. The predicted molar refractivity (Wildman–Crippen MR) is 123 cm³/mol. The molecule has 5 nitrogen and oxygen atoms in total. The van der Waals surface area contributed by atoms with Crippen molar-refractivity contribution < 1.29 is 4.79 Å². The lowest BCUT2D eigenvalue weighted by molar-refractivity contribution is -0.120. The lowest BCUT2D eigenvalue weighted by atomic mass is 9.66. The van der Waals surface area contributed by atoms with Crippen molar-refractivity contribution in [3.63, 3.8) is 0 Å². The second-order valence-electron chi connectivity index (χ2n) is 8.20. The summed E-state index contributed by atoms with van der Waals surface area (Å²) in [5.74, 6) is 0.260. The normalized spacial score (nSPS) is 21.9. The molecule has 2 heterocycles. The Kier molecular flexibility index (Phi) is 5.28. The van der Waals surface area contributed by atoms with Crippen molar-refractivity contribution in [1.29, 1.82) is 5.26 Å². The Morgan fingerprint density at radius 3 is 2.56 bits per heavy atom. The van der Waals surface area contributed by atoms with E-state index in [0.717, 1.165) is 40.9 Å². The third kappa shape index (κ3) is 3.40. The molecular weight excluding hydrogens is 443 g/mol. The largest absolute Gasteiger partial charge is 0.293 e. The molecule has 0 fully saturated rings. The van der Waals surface area contributed by atoms with Crippen LogP contribution in [0.1, 0.15) is 30.5 Å². The molecule has 2 aromatic heterocycles. The van der Waals surface area contributed by atoms with Crippen LogP contribution < -0.4 is 0 Å². The molecule has 3 unspecified atom stereocenters. The molecule has 5 rings (SSSR count). The number of allylic oxidation sites excluding steroid dienone is 2. The van der Waals surface area contributed by atoms with E-state index in [1.54, 1.807) is 24.5 Å². The van der Waals surface area contributed by atoms with E-state index in [1.165, 1.54) is 0 Å². The van der Waals surface area contributed by atoms with Crippen LogP contribution in [0.5, 0.6) is 0 Å². The van der Waals surface area contributed by atoms with Gasteiger partial charge in [-0.25, -0.2) is 9.97 Å². The van der Waals surface area contributed by atoms with E-state index in [4.69, 9.17) is 33.2 Å². The lowest BCUT2D eigenvalue weighted by Gasteiger charge is -2.38. The van der Waals surface area contributed by atoms with E-state index in [9.17, 15) is 10.1 Å². The summed E-state index contributed by atoms with van der Waals surface area (Å²) in [6.45, 7) is 1.92. The minimum atomic E-state index is -0.222. The summed E-state index contributed by atoms with van der Waals surface area (Å²) < 4.78 is 0. The number of carbonyl (C=O) groups excluding carboxylic acids is 1. The standard InChI is InChI=1S/C25H18Cl2N4O/c1-13-17-3-4-18-22(15-2-5-20(26)21(27)11-15)30-25(14-6-8-29-9-7-14)31-23(18)19(17)10-16(12-28)24(13)32/h2,5-11,13,17,19H,3-4H2,1H3. The molecule has 2 aliphatic carbocycles. The van der Waals surface area contributed by atoms with Crippen molar-refractivity contribution in [2.24, 2.45) is 11.8 Å². The van der Waals surface area contributed by atoms with Crippen LogP contribution in [0, 0.1) is 23.2 Å². The van der Waals surface area contributed by atoms with Crippen molar-refractivity contribution >= 4 is 29.0 Å². The number of halogens is 2. The van der Waals surface area contributed by atoms with Gasteiger partial charge in [0.05, 0.1) is 27.0 Å². The second-order valence-corrected chi connectivity index (χ2v) is 9.01.